The standard InChI is InChI=1S/C57H90N14O15S/c1-32(2)26-37(59)48(77)65-38(15-11-24-62-57(60)61)50(79)66-39(20-21-47(75)76)51(80)69-42(27-33(3)4)52(81)71-45(31-72)55(84)67-40(22-25-87-5)49(78)63-30-46(74)64-43(29-35-16-18-36(73)19-17-35)53(82)70-44(28-34-12-7-6-8-13-34)54(83)68-41(56(85)86)14-9-10-23-58/h6-8,12-13,16-19,32-33,37-45,72-73H,9-11,14-15,20-31,58-59H2,1-5H3,(H,63,78)(H,64,74)(H,65,77)(H,66,79)(H,67,84)(H,68,83)(H,69,80)(H,70,82)(H,71,81)(H,75,76)(H,85,86)(H4,60,61,62)/t37-,38-,39-,40-,41-,42-,43-,44-,45-/m0/s1. The summed E-state index contributed by atoms with van der Waals surface area (Å²) in [6.07, 6.45) is 1.68. The van der Waals surface area contributed by atoms with Gasteiger partial charge in [0, 0.05) is 25.8 Å². The maximum atomic E-state index is 14.2. The quantitative estimate of drug-likeness (QED) is 0.0185. The molecule has 0 aliphatic rings. The van der Waals surface area contributed by atoms with E-state index in [1.165, 1.54) is 36.0 Å². The van der Waals surface area contributed by atoms with Gasteiger partial charge >= 0.3 is 11.9 Å². The molecule has 0 unspecified atom stereocenters. The summed E-state index contributed by atoms with van der Waals surface area (Å²) in [5.74, 6) is -11.0. The van der Waals surface area contributed by atoms with Gasteiger partial charge in [-0.3, -0.25) is 52.9 Å². The van der Waals surface area contributed by atoms with Crippen molar-refractivity contribution in [1.82, 2.24) is 47.9 Å². The molecule has 2 aromatic carbocycles. The van der Waals surface area contributed by atoms with Gasteiger partial charge in [-0.05, 0) is 111 Å². The van der Waals surface area contributed by atoms with Gasteiger partial charge in [0.1, 0.15) is 54.1 Å². The number of carboxylic acid groups (broad SMARTS) is 2. The van der Waals surface area contributed by atoms with E-state index in [4.69, 9.17) is 22.9 Å². The topological polar surface area (TPSA) is 493 Å². The van der Waals surface area contributed by atoms with E-state index in [-0.39, 0.29) is 87.2 Å². The zero-order chi connectivity index (χ0) is 65.2. The van der Waals surface area contributed by atoms with Crippen molar-refractivity contribution < 1.29 is 73.2 Å². The predicted octanol–water partition coefficient (Wildman–Crippen LogP) is -2.53. The van der Waals surface area contributed by atoms with Crippen LogP contribution in [-0.4, -0.2) is 184 Å². The zero-order valence-corrected chi connectivity index (χ0v) is 50.8. The first-order chi connectivity index (χ1) is 41.2. The molecule has 0 aromatic heterocycles. The van der Waals surface area contributed by atoms with E-state index in [2.05, 4.69) is 52.8 Å². The lowest BCUT2D eigenvalue weighted by Crippen LogP contribution is -2.60. The van der Waals surface area contributed by atoms with Gasteiger partial charge in [-0.15, -0.1) is 0 Å². The highest BCUT2D eigenvalue weighted by atomic mass is 32.2. The van der Waals surface area contributed by atoms with Crippen LogP contribution in [0.1, 0.15) is 103 Å². The van der Waals surface area contributed by atoms with Crippen molar-refractivity contribution in [2.24, 2.45) is 39.8 Å². The number of hydrogen-bond donors (Lipinski definition) is 17. The summed E-state index contributed by atoms with van der Waals surface area (Å²) >= 11 is 1.30. The fourth-order valence-corrected chi connectivity index (χ4v) is 9.13. The number of benzene rings is 2. The summed E-state index contributed by atoms with van der Waals surface area (Å²) in [7, 11) is 0. The molecule has 2 aromatic rings. The first-order valence-electron chi connectivity index (χ1n) is 28.7. The Balaban J connectivity index is 2.34. The number of rotatable bonds is 42. The lowest BCUT2D eigenvalue weighted by molar-refractivity contribution is -0.142. The molecule has 0 aliphatic heterocycles. The third-order valence-electron chi connectivity index (χ3n) is 13.2. The van der Waals surface area contributed by atoms with Gasteiger partial charge in [0.2, 0.25) is 53.2 Å². The molecular weight excluding hydrogens is 1150 g/mol. The second kappa shape index (κ2) is 40.3. The van der Waals surface area contributed by atoms with E-state index in [0.29, 0.717) is 30.5 Å². The Morgan fingerprint density at radius 3 is 1.55 bits per heavy atom. The minimum Gasteiger partial charge on any atom is -0.508 e. The molecule has 0 heterocycles. The Morgan fingerprint density at radius 2 is 1.01 bits per heavy atom. The molecule has 9 atom stereocenters. The maximum absolute atomic E-state index is 14.2. The average molecular weight is 1240 g/mol. The van der Waals surface area contributed by atoms with Gasteiger partial charge in [-0.2, -0.15) is 11.8 Å². The van der Waals surface area contributed by atoms with E-state index >= 15 is 0 Å². The van der Waals surface area contributed by atoms with Crippen molar-refractivity contribution in [2.45, 2.75) is 159 Å². The number of carbonyl (C=O) groups is 11. The molecular formula is C57H90N14O15S. The Bertz CT molecular complexity index is 2600. The van der Waals surface area contributed by atoms with Crippen LogP contribution in [0.5, 0.6) is 5.75 Å². The number of nitrogens with one attached hydrogen (secondary N) is 9. The van der Waals surface area contributed by atoms with E-state index in [1.54, 1.807) is 50.4 Å². The number of aliphatic imine (C=N–C) groups is 1. The summed E-state index contributed by atoms with van der Waals surface area (Å²) < 4.78 is 0. The SMILES string of the molecule is CSCC[C@H](NC(=O)[C@H](CO)NC(=O)[C@H](CC(C)C)NC(=O)[C@H](CCC(=O)O)NC(=O)[C@H](CCCN=C(N)N)NC(=O)[C@@H](N)CC(C)C)C(=O)NCC(=O)N[C@@H](Cc1ccc(O)cc1)C(=O)N[C@@H](Cc1ccccc1)C(=O)N[C@@H](CCCCN)C(=O)O. The van der Waals surface area contributed by atoms with Gasteiger partial charge in [0.15, 0.2) is 5.96 Å². The minimum absolute atomic E-state index is 0.0258. The summed E-state index contributed by atoms with van der Waals surface area (Å²) in [6, 6.07) is 1.78. The third-order valence-corrected chi connectivity index (χ3v) is 13.9. The zero-order valence-electron chi connectivity index (χ0n) is 50.0. The molecule has 21 N–H and O–H groups in total. The van der Waals surface area contributed by atoms with Gasteiger partial charge in [0.25, 0.3) is 0 Å². The number of aliphatic carboxylic acids is 2. The summed E-state index contributed by atoms with van der Waals surface area (Å²) in [5.41, 5.74) is 23.6. The Morgan fingerprint density at radius 1 is 0.540 bits per heavy atom. The van der Waals surface area contributed by atoms with E-state index in [9.17, 15) is 73.2 Å². The lowest BCUT2D eigenvalue weighted by Gasteiger charge is -2.27. The molecule has 9 amide bonds. The molecule has 0 saturated carbocycles. The predicted molar refractivity (Wildman–Crippen MR) is 325 cm³/mol. The Labute approximate surface area is 510 Å². The number of guanidine groups is 1. The molecule has 2 rings (SSSR count). The number of aliphatic hydroxyl groups is 1. The molecule has 484 valence electrons. The van der Waals surface area contributed by atoms with Crippen LogP contribution in [0.2, 0.25) is 0 Å². The molecule has 0 aliphatic carbocycles. The second-order valence-corrected chi connectivity index (χ2v) is 22.6. The summed E-state index contributed by atoms with van der Waals surface area (Å²) in [6.45, 7) is 5.73. The van der Waals surface area contributed by atoms with Crippen molar-refractivity contribution in [3.05, 3.63) is 65.7 Å². The van der Waals surface area contributed by atoms with E-state index < -0.39 is 145 Å². The number of nitrogens with two attached hydrogens (primary N) is 4. The highest BCUT2D eigenvalue weighted by Crippen LogP contribution is 2.15. The normalized spacial score (nSPS) is 14.2. The van der Waals surface area contributed by atoms with Crippen molar-refractivity contribution >= 4 is 82.8 Å². The number of aromatic hydroxyl groups is 1. The van der Waals surface area contributed by atoms with Crippen molar-refractivity contribution in [2.75, 3.05) is 38.2 Å². The van der Waals surface area contributed by atoms with Crippen LogP contribution < -0.4 is 70.8 Å². The molecule has 0 fully saturated rings. The number of nitrogens with zero attached hydrogens (tertiary/aromatic N) is 1. The van der Waals surface area contributed by atoms with Crippen LogP contribution in [0.4, 0.5) is 0 Å². The molecule has 30 heteroatoms. The van der Waals surface area contributed by atoms with Gasteiger partial charge in [-0.25, -0.2) is 4.79 Å². The summed E-state index contributed by atoms with van der Waals surface area (Å²) in [5, 5.41) is 62.4. The number of phenolic OH excluding ortho intramolecular Hbond substituents is 1. The third kappa shape index (κ3) is 30.2. The maximum Gasteiger partial charge on any atom is 0.326 e. The fourth-order valence-electron chi connectivity index (χ4n) is 8.66. The average Bonchev–Trinajstić information content (AvgIpc) is 3.03. The molecule has 0 saturated heterocycles. The van der Waals surface area contributed by atoms with Gasteiger partial charge in [-0.1, -0.05) is 70.2 Å². The van der Waals surface area contributed by atoms with Crippen molar-refractivity contribution in [1.29, 1.82) is 0 Å². The number of carbonyl (C=O) groups excluding carboxylic acids is 9. The number of unbranched alkanes of at least 4 members (excludes halogenated alkanes) is 1. The summed E-state index contributed by atoms with van der Waals surface area (Å²) in [4.78, 5) is 152. The Hall–Kier alpha value is -8.09. The number of hydrogen-bond acceptors (Lipinski definition) is 17. The number of aliphatic hydroxyl groups excluding tert-OH is 1. The van der Waals surface area contributed by atoms with E-state index in [0.717, 1.165) is 0 Å². The highest BCUT2D eigenvalue weighted by Gasteiger charge is 2.35. The molecule has 29 nitrogen and oxygen atoms in total. The Kier molecular flexibility index (Phi) is 34.8. The van der Waals surface area contributed by atoms with Crippen LogP contribution in [-0.2, 0) is 65.6 Å². The lowest BCUT2D eigenvalue weighted by atomic mass is 10.0. The van der Waals surface area contributed by atoms with Gasteiger partial charge < -0.3 is 91.2 Å². The van der Waals surface area contributed by atoms with Gasteiger partial charge in [0.05, 0.1) is 19.2 Å². The van der Waals surface area contributed by atoms with Crippen molar-refractivity contribution in [3.63, 3.8) is 0 Å². The largest absolute Gasteiger partial charge is 0.508 e. The van der Waals surface area contributed by atoms with Crippen LogP contribution in [0, 0.1) is 11.8 Å². The minimum atomic E-state index is -1.73. The first-order valence-corrected chi connectivity index (χ1v) is 30.1. The number of carboxylic acids is 2. The van der Waals surface area contributed by atoms with Crippen LogP contribution in [0.25, 0.3) is 0 Å². The number of thioether (sulfide) groups is 1. The first kappa shape index (κ1) is 75.0. The van der Waals surface area contributed by atoms with Crippen LogP contribution >= 0.6 is 11.8 Å². The second-order valence-electron chi connectivity index (χ2n) is 21.7. The molecule has 0 bridgehead atoms. The number of phenols is 1. The molecule has 0 radical (unpaired) electrons. The molecule has 87 heavy (non-hydrogen) atoms. The van der Waals surface area contributed by atoms with Crippen LogP contribution in [0.3, 0.4) is 0 Å². The molecule has 0 spiro atoms. The smallest absolute Gasteiger partial charge is 0.326 e. The monoisotopic (exact) mass is 1240 g/mol. The van der Waals surface area contributed by atoms with E-state index in [1.807, 2.05) is 13.8 Å². The highest BCUT2D eigenvalue weighted by molar-refractivity contribution is 7.98. The number of amides is 9. The van der Waals surface area contributed by atoms with Crippen LogP contribution in [0.15, 0.2) is 59.6 Å². The van der Waals surface area contributed by atoms with Crippen molar-refractivity contribution in [3.8, 4) is 5.75 Å². The fraction of sp³-hybridized carbons (Fsp3) is 0.579.